The Balaban J connectivity index is 6.49. The first-order valence-electron chi connectivity index (χ1n) is 30.6. The van der Waals surface area contributed by atoms with Crippen LogP contribution in [0.5, 0.6) is 0 Å². The predicted molar refractivity (Wildman–Crippen MR) is 308 cm³/mol. The molecule has 0 unspecified atom stereocenters. The van der Waals surface area contributed by atoms with E-state index in [1.54, 1.807) is 14.7 Å². The minimum atomic E-state index is -0.565. The first-order valence-corrected chi connectivity index (χ1v) is 30.6. The summed E-state index contributed by atoms with van der Waals surface area (Å²) in [5, 5.41) is 6.50. The van der Waals surface area contributed by atoms with Crippen LogP contribution in [0.4, 0.5) is 0 Å². The van der Waals surface area contributed by atoms with E-state index in [2.05, 4.69) is 48.1 Å². The lowest BCUT2D eigenvalue weighted by atomic mass is 10.1. The SMILES string of the molecule is CCCCCCCCCCN(CC(N)=O)C(=O)CN(CCCCCCCCCC)C(=O)CN(CCCCCCCCCC)C(=O)CN(CCCCCCCCCC)C(=O)CN(C)CCN(CCNC)CCNC. The summed E-state index contributed by atoms with van der Waals surface area (Å²) in [7, 11) is 5.91. The Hall–Kier alpha value is -2.81. The molecule has 0 rings (SSSR count). The molecule has 0 aliphatic carbocycles. The van der Waals surface area contributed by atoms with Gasteiger partial charge in [0.05, 0.1) is 32.7 Å². The zero-order valence-corrected chi connectivity index (χ0v) is 49.0. The van der Waals surface area contributed by atoms with Gasteiger partial charge >= 0.3 is 0 Å². The van der Waals surface area contributed by atoms with Crippen LogP contribution in [-0.2, 0) is 24.0 Å². The highest BCUT2D eigenvalue weighted by molar-refractivity contribution is 5.91. The van der Waals surface area contributed by atoms with Gasteiger partial charge in [-0.15, -0.1) is 0 Å². The number of carbonyl (C=O) groups is 5. The number of nitrogens with zero attached hydrogens (tertiary/aromatic N) is 6. The van der Waals surface area contributed by atoms with Crippen LogP contribution in [0.15, 0.2) is 0 Å². The van der Waals surface area contributed by atoms with Crippen LogP contribution >= 0.6 is 0 Å². The maximum absolute atomic E-state index is 14.7. The van der Waals surface area contributed by atoms with Crippen molar-refractivity contribution in [1.29, 1.82) is 0 Å². The Morgan fingerprint density at radius 2 is 0.562 bits per heavy atom. The summed E-state index contributed by atoms with van der Waals surface area (Å²) in [6.45, 7) is 15.4. The van der Waals surface area contributed by atoms with Crippen LogP contribution < -0.4 is 16.4 Å². The van der Waals surface area contributed by atoms with Gasteiger partial charge in [0, 0.05) is 65.4 Å². The highest BCUT2D eigenvalue weighted by Crippen LogP contribution is 2.15. The van der Waals surface area contributed by atoms with E-state index in [0.717, 1.165) is 136 Å². The molecule has 4 N–H and O–H groups in total. The molecule has 0 bridgehead atoms. The summed E-state index contributed by atoms with van der Waals surface area (Å²) in [4.78, 5) is 81.1. The van der Waals surface area contributed by atoms with E-state index in [0.29, 0.717) is 26.2 Å². The number of nitrogens with two attached hydrogens (primary N) is 1. The maximum Gasteiger partial charge on any atom is 0.242 e. The smallest absolute Gasteiger partial charge is 0.242 e. The standard InChI is InChI=1S/C59H119N9O5/c1-8-12-16-20-24-28-32-36-42-65(50-55(60)69)57(71)52-67(44-38-34-30-26-22-18-14-10-3)59(73)54-68(45-39-35-31-27-23-19-15-11-4)58(72)53-66(43-37-33-29-25-21-17-13-9-2)56(70)51-63(7)48-49-64(46-40-61-5)47-41-62-6/h61-62H,8-54H2,1-7H3,(H2,60,69). The molecule has 0 saturated carbocycles. The molecule has 0 aliphatic heterocycles. The van der Waals surface area contributed by atoms with Gasteiger partial charge in [-0.25, -0.2) is 0 Å². The Bertz CT molecular complexity index is 1320. The molecule has 0 spiro atoms. The Kier molecular flexibility index (Phi) is 49.3. The lowest BCUT2D eigenvalue weighted by molar-refractivity contribution is -0.146. The van der Waals surface area contributed by atoms with Crippen LogP contribution in [0.3, 0.4) is 0 Å². The Morgan fingerprint density at radius 1 is 0.315 bits per heavy atom. The molecule has 0 fully saturated rings. The average molecular weight is 1030 g/mol. The van der Waals surface area contributed by atoms with Gasteiger partial charge in [-0.2, -0.15) is 0 Å². The van der Waals surface area contributed by atoms with Gasteiger partial charge < -0.3 is 36.0 Å². The highest BCUT2D eigenvalue weighted by atomic mass is 16.2. The molecule has 0 aromatic rings. The third-order valence-electron chi connectivity index (χ3n) is 14.4. The van der Waals surface area contributed by atoms with Crippen molar-refractivity contribution in [2.75, 3.05) is 119 Å². The van der Waals surface area contributed by atoms with Crippen molar-refractivity contribution in [3.05, 3.63) is 0 Å². The first-order chi connectivity index (χ1) is 35.5. The Morgan fingerprint density at radius 3 is 0.822 bits per heavy atom. The Labute approximate surface area is 450 Å². The number of rotatable bonds is 55. The lowest BCUT2D eigenvalue weighted by Crippen LogP contribution is -2.51. The van der Waals surface area contributed by atoms with E-state index >= 15 is 0 Å². The minimum Gasteiger partial charge on any atom is -0.368 e. The second kappa shape index (κ2) is 51.3. The third kappa shape index (κ3) is 42.0. The van der Waals surface area contributed by atoms with Crippen molar-refractivity contribution < 1.29 is 24.0 Å². The van der Waals surface area contributed by atoms with Gasteiger partial charge in [-0.05, 0) is 46.8 Å². The molecule has 0 saturated heterocycles. The van der Waals surface area contributed by atoms with Crippen molar-refractivity contribution in [3.8, 4) is 0 Å². The zero-order chi connectivity index (χ0) is 54.0. The summed E-state index contributed by atoms with van der Waals surface area (Å²) < 4.78 is 0. The number of carbonyl (C=O) groups excluding carboxylic acids is 5. The van der Waals surface area contributed by atoms with Crippen LogP contribution in [0, 0.1) is 0 Å². The molecular formula is C59H119N9O5. The fourth-order valence-corrected chi connectivity index (χ4v) is 9.49. The summed E-state index contributed by atoms with van der Waals surface area (Å²) in [6, 6.07) is 0. The predicted octanol–water partition coefficient (Wildman–Crippen LogP) is 10.0. The summed E-state index contributed by atoms with van der Waals surface area (Å²) in [5.74, 6) is -1.40. The van der Waals surface area contributed by atoms with Gasteiger partial charge in [-0.3, -0.25) is 33.8 Å². The number of unbranched alkanes of at least 4 members (excludes halogenated alkanes) is 28. The molecule has 0 heterocycles. The van der Waals surface area contributed by atoms with E-state index in [1.165, 1.54) is 114 Å². The molecule has 0 radical (unpaired) electrons. The molecule has 430 valence electrons. The van der Waals surface area contributed by atoms with E-state index in [4.69, 9.17) is 5.73 Å². The van der Waals surface area contributed by atoms with E-state index in [1.807, 2.05) is 21.1 Å². The van der Waals surface area contributed by atoms with Gasteiger partial charge in [0.2, 0.25) is 29.5 Å². The van der Waals surface area contributed by atoms with Crippen molar-refractivity contribution in [1.82, 2.24) is 40.0 Å². The second-order valence-corrected chi connectivity index (χ2v) is 21.4. The fraction of sp³-hybridized carbons (Fsp3) is 0.915. The fourth-order valence-electron chi connectivity index (χ4n) is 9.49. The molecule has 14 nitrogen and oxygen atoms in total. The molecule has 0 aromatic carbocycles. The monoisotopic (exact) mass is 1030 g/mol. The summed E-state index contributed by atoms with van der Waals surface area (Å²) in [6.07, 6.45) is 35.6. The quantitative estimate of drug-likeness (QED) is 0.0505. The largest absolute Gasteiger partial charge is 0.368 e. The van der Waals surface area contributed by atoms with Crippen LogP contribution in [0.2, 0.25) is 0 Å². The molecule has 14 heteroatoms. The average Bonchev–Trinajstić information content (AvgIpc) is 3.37. The van der Waals surface area contributed by atoms with Crippen LogP contribution in [0.1, 0.15) is 233 Å². The van der Waals surface area contributed by atoms with Gasteiger partial charge in [0.15, 0.2) is 0 Å². The van der Waals surface area contributed by atoms with E-state index < -0.39 is 5.91 Å². The molecular weight excluding hydrogens is 915 g/mol. The topological polar surface area (TPSA) is 155 Å². The van der Waals surface area contributed by atoms with E-state index in [-0.39, 0.29) is 56.4 Å². The highest BCUT2D eigenvalue weighted by Gasteiger charge is 2.28. The number of amides is 5. The molecule has 73 heavy (non-hydrogen) atoms. The number of hydrogen-bond donors (Lipinski definition) is 3. The van der Waals surface area contributed by atoms with E-state index in [9.17, 15) is 24.0 Å². The van der Waals surface area contributed by atoms with Crippen LogP contribution in [0.25, 0.3) is 0 Å². The van der Waals surface area contributed by atoms with Crippen molar-refractivity contribution >= 4 is 29.5 Å². The molecule has 0 aromatic heterocycles. The summed E-state index contributed by atoms with van der Waals surface area (Å²) >= 11 is 0. The molecule has 0 aliphatic rings. The van der Waals surface area contributed by atoms with Crippen LogP contribution in [-0.4, -0.2) is 178 Å². The van der Waals surface area contributed by atoms with Gasteiger partial charge in [0.1, 0.15) is 0 Å². The minimum absolute atomic E-state index is 0.0675. The number of nitrogens with one attached hydrogen (secondary N) is 2. The number of likely N-dealkylation sites (N-methyl/N-ethyl adjacent to an activating group) is 3. The van der Waals surface area contributed by atoms with Crippen molar-refractivity contribution in [2.24, 2.45) is 5.73 Å². The molecule has 5 amide bonds. The van der Waals surface area contributed by atoms with Crippen molar-refractivity contribution in [2.45, 2.75) is 233 Å². The maximum atomic E-state index is 14.7. The summed E-state index contributed by atoms with van der Waals surface area (Å²) in [5.41, 5.74) is 5.69. The van der Waals surface area contributed by atoms with Gasteiger partial charge in [0.25, 0.3) is 0 Å². The normalized spacial score (nSPS) is 11.5. The first kappa shape index (κ1) is 70.2. The number of primary amides is 1. The zero-order valence-electron chi connectivity index (χ0n) is 49.0. The second-order valence-electron chi connectivity index (χ2n) is 21.4. The van der Waals surface area contributed by atoms with Gasteiger partial charge in [-0.1, -0.05) is 207 Å². The third-order valence-corrected chi connectivity index (χ3v) is 14.4. The lowest BCUT2D eigenvalue weighted by Gasteiger charge is -2.32. The molecule has 0 atom stereocenters. The van der Waals surface area contributed by atoms with Crippen molar-refractivity contribution in [3.63, 3.8) is 0 Å². The number of hydrogen-bond acceptors (Lipinski definition) is 9.